The summed E-state index contributed by atoms with van der Waals surface area (Å²) in [4.78, 5) is 2.09. The van der Waals surface area contributed by atoms with Crippen molar-refractivity contribution in [3.8, 4) is 0 Å². The van der Waals surface area contributed by atoms with Crippen LogP contribution in [-0.2, 0) is 5.60 Å². The monoisotopic (exact) mass is 303 g/mol. The summed E-state index contributed by atoms with van der Waals surface area (Å²) in [5.41, 5.74) is 0.741. The second-order valence-corrected chi connectivity index (χ2v) is 6.24. The molecule has 0 unspecified atom stereocenters. The Bertz CT molecular complexity index is 568. The van der Waals surface area contributed by atoms with Gasteiger partial charge in [0.15, 0.2) is 0 Å². The molecule has 0 aliphatic rings. The second-order valence-electron chi connectivity index (χ2n) is 5.80. The van der Waals surface area contributed by atoms with Crippen LogP contribution in [0.5, 0.6) is 0 Å². The Kier molecular flexibility index (Phi) is 5.04. The van der Waals surface area contributed by atoms with Gasteiger partial charge in [-0.05, 0) is 37.4 Å². The minimum absolute atomic E-state index is 0.0380. The van der Waals surface area contributed by atoms with Gasteiger partial charge in [-0.1, -0.05) is 61.0 Å². The maximum atomic E-state index is 11.5. The van der Waals surface area contributed by atoms with Gasteiger partial charge in [0.05, 0.1) is 0 Å². The normalized spacial score (nSPS) is 15.7. The Balaban J connectivity index is 2.50. The summed E-state index contributed by atoms with van der Waals surface area (Å²) >= 11 is 5.98. The lowest BCUT2D eigenvalue weighted by Gasteiger charge is -2.36. The topological polar surface area (TPSA) is 23.5 Å². The summed E-state index contributed by atoms with van der Waals surface area (Å²) in [7, 11) is 4.04. The summed E-state index contributed by atoms with van der Waals surface area (Å²) in [6.45, 7) is 2.86. The maximum Gasteiger partial charge on any atom is 0.118 e. The molecule has 0 aliphatic heterocycles. The van der Waals surface area contributed by atoms with E-state index in [1.54, 1.807) is 0 Å². The molecule has 0 heterocycles. The second kappa shape index (κ2) is 6.61. The average molecular weight is 304 g/mol. The Hall–Kier alpha value is -1.35. The van der Waals surface area contributed by atoms with Crippen LogP contribution >= 0.6 is 11.6 Å². The van der Waals surface area contributed by atoms with E-state index in [1.807, 2.05) is 68.7 Å². The van der Waals surface area contributed by atoms with E-state index in [2.05, 4.69) is 11.8 Å². The molecule has 2 aromatic carbocycles. The molecule has 3 heteroatoms. The van der Waals surface area contributed by atoms with Crippen molar-refractivity contribution >= 4 is 11.6 Å². The van der Waals surface area contributed by atoms with Crippen LogP contribution < -0.4 is 0 Å². The first kappa shape index (κ1) is 16.0. The molecular weight excluding hydrogens is 282 g/mol. The van der Waals surface area contributed by atoms with Crippen LogP contribution in [0.4, 0.5) is 0 Å². The van der Waals surface area contributed by atoms with Crippen molar-refractivity contribution in [2.45, 2.75) is 12.5 Å². The van der Waals surface area contributed by atoms with Gasteiger partial charge in [-0.15, -0.1) is 0 Å². The SMILES string of the molecule is C[C@H](CN(C)C)[C@](O)(c1ccccc1)c1ccc(Cl)cc1. The first-order valence-corrected chi connectivity index (χ1v) is 7.51. The third-order valence-electron chi connectivity index (χ3n) is 3.85. The molecule has 2 aromatic rings. The Morgan fingerprint density at radius 3 is 2.05 bits per heavy atom. The van der Waals surface area contributed by atoms with Crippen LogP contribution in [0.1, 0.15) is 18.1 Å². The molecule has 0 radical (unpaired) electrons. The molecule has 2 nitrogen and oxygen atoms in total. The molecule has 0 aromatic heterocycles. The quantitative estimate of drug-likeness (QED) is 0.909. The largest absolute Gasteiger partial charge is 0.380 e. The number of benzene rings is 2. The highest BCUT2D eigenvalue weighted by atomic mass is 35.5. The van der Waals surface area contributed by atoms with Crippen molar-refractivity contribution in [1.82, 2.24) is 4.90 Å². The number of nitrogens with zero attached hydrogens (tertiary/aromatic N) is 1. The smallest absolute Gasteiger partial charge is 0.118 e. The van der Waals surface area contributed by atoms with Crippen LogP contribution in [0.2, 0.25) is 5.02 Å². The highest BCUT2D eigenvalue weighted by molar-refractivity contribution is 6.30. The van der Waals surface area contributed by atoms with Crippen molar-refractivity contribution in [3.63, 3.8) is 0 Å². The third-order valence-corrected chi connectivity index (χ3v) is 4.10. The summed E-state index contributed by atoms with van der Waals surface area (Å²) in [6, 6.07) is 17.3. The van der Waals surface area contributed by atoms with E-state index in [1.165, 1.54) is 0 Å². The number of hydrogen-bond acceptors (Lipinski definition) is 2. The van der Waals surface area contributed by atoms with E-state index in [9.17, 15) is 5.11 Å². The highest BCUT2D eigenvalue weighted by Gasteiger charge is 2.37. The summed E-state index contributed by atoms with van der Waals surface area (Å²) in [5, 5.41) is 12.2. The van der Waals surface area contributed by atoms with Crippen molar-refractivity contribution in [1.29, 1.82) is 0 Å². The number of hydrogen-bond donors (Lipinski definition) is 1. The summed E-state index contributed by atoms with van der Waals surface area (Å²) in [6.07, 6.45) is 0. The maximum absolute atomic E-state index is 11.5. The summed E-state index contributed by atoms with van der Waals surface area (Å²) < 4.78 is 0. The van der Waals surface area contributed by atoms with Crippen molar-refractivity contribution < 1.29 is 5.11 Å². The molecule has 0 fully saturated rings. The van der Waals surface area contributed by atoms with E-state index >= 15 is 0 Å². The lowest BCUT2D eigenvalue weighted by atomic mass is 9.76. The molecule has 2 atom stereocenters. The summed E-state index contributed by atoms with van der Waals surface area (Å²) in [5.74, 6) is 0.0380. The van der Waals surface area contributed by atoms with Gasteiger partial charge in [0.25, 0.3) is 0 Å². The van der Waals surface area contributed by atoms with Crippen LogP contribution in [0.15, 0.2) is 54.6 Å². The van der Waals surface area contributed by atoms with Gasteiger partial charge in [-0.2, -0.15) is 0 Å². The number of rotatable bonds is 5. The molecule has 0 saturated carbocycles. The van der Waals surface area contributed by atoms with E-state index in [-0.39, 0.29) is 5.92 Å². The average Bonchev–Trinajstić information content (AvgIpc) is 2.47. The fourth-order valence-corrected chi connectivity index (χ4v) is 2.94. The molecular formula is C18H22ClNO. The van der Waals surface area contributed by atoms with Crippen LogP contribution in [0.3, 0.4) is 0 Å². The fraction of sp³-hybridized carbons (Fsp3) is 0.333. The van der Waals surface area contributed by atoms with Crippen LogP contribution in [0.25, 0.3) is 0 Å². The first-order chi connectivity index (χ1) is 9.94. The number of aliphatic hydroxyl groups is 1. The highest BCUT2D eigenvalue weighted by Crippen LogP contribution is 2.37. The molecule has 0 spiro atoms. The van der Waals surface area contributed by atoms with Gasteiger partial charge in [-0.3, -0.25) is 0 Å². The zero-order chi connectivity index (χ0) is 15.5. The Morgan fingerprint density at radius 1 is 1.00 bits per heavy atom. The zero-order valence-corrected chi connectivity index (χ0v) is 13.5. The molecule has 21 heavy (non-hydrogen) atoms. The van der Waals surface area contributed by atoms with Crippen LogP contribution in [-0.4, -0.2) is 30.6 Å². The lowest BCUT2D eigenvalue weighted by molar-refractivity contribution is 0.0134. The molecule has 0 amide bonds. The standard InChI is InChI=1S/C18H22ClNO/c1-14(13-20(2)3)18(21,15-7-5-4-6-8-15)16-9-11-17(19)12-10-16/h4-12,14,21H,13H2,1-3H3/t14-,18+/m1/s1. The van der Waals surface area contributed by atoms with Crippen molar-refractivity contribution in [3.05, 3.63) is 70.7 Å². The molecule has 2 rings (SSSR count). The van der Waals surface area contributed by atoms with E-state index < -0.39 is 5.60 Å². The first-order valence-electron chi connectivity index (χ1n) is 7.13. The van der Waals surface area contributed by atoms with E-state index in [0.717, 1.165) is 17.7 Å². The minimum atomic E-state index is -1.03. The van der Waals surface area contributed by atoms with Crippen LogP contribution in [0, 0.1) is 5.92 Å². The predicted octanol–water partition coefficient (Wildman–Crippen LogP) is 3.77. The third kappa shape index (κ3) is 3.46. The van der Waals surface area contributed by atoms with Gasteiger partial charge in [0, 0.05) is 17.5 Å². The van der Waals surface area contributed by atoms with Crippen molar-refractivity contribution in [2.75, 3.05) is 20.6 Å². The van der Waals surface area contributed by atoms with Gasteiger partial charge < -0.3 is 10.0 Å². The van der Waals surface area contributed by atoms with Gasteiger partial charge >= 0.3 is 0 Å². The van der Waals surface area contributed by atoms with Gasteiger partial charge in [-0.25, -0.2) is 0 Å². The van der Waals surface area contributed by atoms with Crippen molar-refractivity contribution in [2.24, 2.45) is 5.92 Å². The molecule has 0 bridgehead atoms. The molecule has 0 aliphatic carbocycles. The Morgan fingerprint density at radius 2 is 1.52 bits per heavy atom. The molecule has 1 N–H and O–H groups in total. The lowest BCUT2D eigenvalue weighted by Crippen LogP contribution is -2.40. The zero-order valence-electron chi connectivity index (χ0n) is 12.8. The van der Waals surface area contributed by atoms with Gasteiger partial charge in [0.1, 0.15) is 5.60 Å². The van der Waals surface area contributed by atoms with E-state index in [4.69, 9.17) is 11.6 Å². The van der Waals surface area contributed by atoms with Gasteiger partial charge in [0.2, 0.25) is 0 Å². The predicted molar refractivity (Wildman–Crippen MR) is 88.6 cm³/mol. The number of halogens is 1. The fourth-order valence-electron chi connectivity index (χ4n) is 2.81. The van der Waals surface area contributed by atoms with E-state index in [0.29, 0.717) is 5.02 Å². The minimum Gasteiger partial charge on any atom is -0.380 e. The molecule has 0 saturated heterocycles. The Labute approximate surface area is 132 Å². The molecule has 112 valence electrons.